The summed E-state index contributed by atoms with van der Waals surface area (Å²) in [7, 11) is 0. The number of hydrogen-bond acceptors (Lipinski definition) is 3. The lowest BCUT2D eigenvalue weighted by Crippen LogP contribution is -2.41. The van der Waals surface area contributed by atoms with Gasteiger partial charge < -0.3 is 5.32 Å². The zero-order chi connectivity index (χ0) is 12.1. The van der Waals surface area contributed by atoms with Gasteiger partial charge in [0.2, 0.25) is 0 Å². The summed E-state index contributed by atoms with van der Waals surface area (Å²) in [4.78, 5) is 6.93. The van der Waals surface area contributed by atoms with Crippen LogP contribution in [0.15, 0.2) is 24.4 Å². The molecule has 0 aliphatic carbocycles. The van der Waals surface area contributed by atoms with Crippen molar-refractivity contribution in [1.29, 1.82) is 0 Å². The third-order valence-corrected chi connectivity index (χ3v) is 3.43. The Morgan fingerprint density at radius 1 is 1.47 bits per heavy atom. The van der Waals surface area contributed by atoms with E-state index in [1.54, 1.807) is 0 Å². The van der Waals surface area contributed by atoms with Crippen LogP contribution in [0.25, 0.3) is 0 Å². The average Bonchev–Trinajstić information content (AvgIpc) is 2.56. The third-order valence-electron chi connectivity index (χ3n) is 3.43. The molecule has 0 bridgehead atoms. The fraction of sp³-hybridized carbons (Fsp3) is 0.643. The van der Waals surface area contributed by atoms with Gasteiger partial charge in [-0.05, 0) is 37.6 Å². The molecule has 1 atom stereocenters. The molecule has 0 radical (unpaired) electrons. The minimum atomic E-state index is 0.612. The summed E-state index contributed by atoms with van der Waals surface area (Å²) in [5, 5.41) is 3.63. The van der Waals surface area contributed by atoms with Crippen molar-refractivity contribution in [2.24, 2.45) is 5.92 Å². The predicted molar refractivity (Wildman–Crippen MR) is 70.8 cm³/mol. The largest absolute Gasteiger partial charge is 0.312 e. The van der Waals surface area contributed by atoms with Crippen molar-refractivity contribution in [3.8, 4) is 0 Å². The van der Waals surface area contributed by atoms with E-state index in [9.17, 15) is 0 Å². The molecule has 3 heteroatoms. The van der Waals surface area contributed by atoms with Crippen molar-refractivity contribution < 1.29 is 0 Å². The average molecular weight is 233 g/mol. The van der Waals surface area contributed by atoms with Crippen molar-refractivity contribution >= 4 is 0 Å². The van der Waals surface area contributed by atoms with Crippen LogP contribution in [-0.2, 0) is 6.54 Å². The molecule has 0 aromatic carbocycles. The number of hydrogen-bond donors (Lipinski definition) is 1. The third kappa shape index (κ3) is 3.79. The highest BCUT2D eigenvalue weighted by Crippen LogP contribution is 2.11. The van der Waals surface area contributed by atoms with Gasteiger partial charge in [0.05, 0.1) is 5.69 Å². The Kier molecular flexibility index (Phi) is 4.51. The van der Waals surface area contributed by atoms with Crippen molar-refractivity contribution in [2.45, 2.75) is 32.9 Å². The van der Waals surface area contributed by atoms with E-state index in [0.29, 0.717) is 12.0 Å². The van der Waals surface area contributed by atoms with Gasteiger partial charge in [-0.1, -0.05) is 19.9 Å². The molecular formula is C14H23N3. The van der Waals surface area contributed by atoms with Crippen LogP contribution in [0.2, 0.25) is 0 Å². The van der Waals surface area contributed by atoms with Crippen LogP contribution in [0.3, 0.4) is 0 Å². The molecule has 3 nitrogen and oxygen atoms in total. The van der Waals surface area contributed by atoms with Crippen LogP contribution >= 0.6 is 0 Å². The summed E-state index contributed by atoms with van der Waals surface area (Å²) < 4.78 is 0. The lowest BCUT2D eigenvalue weighted by atomic mass is 10.0. The van der Waals surface area contributed by atoms with Gasteiger partial charge in [-0.25, -0.2) is 0 Å². The fourth-order valence-corrected chi connectivity index (χ4v) is 2.34. The molecule has 2 heterocycles. The minimum absolute atomic E-state index is 0.612. The molecule has 94 valence electrons. The monoisotopic (exact) mass is 233 g/mol. The second-order valence-corrected chi connectivity index (χ2v) is 5.21. The molecule has 2 rings (SSSR count). The van der Waals surface area contributed by atoms with Gasteiger partial charge in [0.1, 0.15) is 0 Å². The van der Waals surface area contributed by atoms with Crippen molar-refractivity contribution in [3.05, 3.63) is 30.1 Å². The summed E-state index contributed by atoms with van der Waals surface area (Å²) in [5.41, 5.74) is 1.18. The van der Waals surface area contributed by atoms with Gasteiger partial charge in [-0.15, -0.1) is 0 Å². The molecule has 0 saturated carbocycles. The molecule has 1 unspecified atom stereocenters. The zero-order valence-electron chi connectivity index (χ0n) is 10.9. The molecule has 1 fully saturated rings. The summed E-state index contributed by atoms with van der Waals surface area (Å²) in [5.74, 6) is 0.694. The predicted octanol–water partition coefficient (Wildman–Crippen LogP) is 1.90. The van der Waals surface area contributed by atoms with Gasteiger partial charge in [-0.2, -0.15) is 0 Å². The minimum Gasteiger partial charge on any atom is -0.312 e. The first-order chi connectivity index (χ1) is 8.25. The van der Waals surface area contributed by atoms with Gasteiger partial charge >= 0.3 is 0 Å². The van der Waals surface area contributed by atoms with Crippen molar-refractivity contribution in [2.75, 3.05) is 19.6 Å². The molecule has 1 aliphatic heterocycles. The lowest BCUT2D eigenvalue weighted by Gasteiger charge is -2.26. The number of aromatic nitrogens is 1. The van der Waals surface area contributed by atoms with Crippen LogP contribution in [0.4, 0.5) is 0 Å². The molecule has 1 aliphatic rings. The smallest absolute Gasteiger partial charge is 0.0543 e. The van der Waals surface area contributed by atoms with Gasteiger partial charge in [0.25, 0.3) is 0 Å². The van der Waals surface area contributed by atoms with E-state index in [-0.39, 0.29) is 0 Å². The fourth-order valence-electron chi connectivity index (χ4n) is 2.34. The van der Waals surface area contributed by atoms with Crippen LogP contribution in [0.1, 0.15) is 26.0 Å². The highest BCUT2D eigenvalue weighted by molar-refractivity contribution is 5.03. The van der Waals surface area contributed by atoms with E-state index in [1.807, 2.05) is 12.3 Å². The van der Waals surface area contributed by atoms with Crippen LogP contribution < -0.4 is 5.32 Å². The number of nitrogens with one attached hydrogen (secondary N) is 1. The Bertz CT molecular complexity index is 323. The maximum absolute atomic E-state index is 4.41. The second-order valence-electron chi connectivity index (χ2n) is 5.21. The quantitative estimate of drug-likeness (QED) is 0.864. The zero-order valence-corrected chi connectivity index (χ0v) is 10.9. The Hall–Kier alpha value is -0.930. The highest BCUT2D eigenvalue weighted by atomic mass is 15.2. The van der Waals surface area contributed by atoms with Crippen molar-refractivity contribution in [1.82, 2.24) is 15.2 Å². The van der Waals surface area contributed by atoms with Crippen LogP contribution in [-0.4, -0.2) is 35.6 Å². The molecular weight excluding hydrogens is 210 g/mol. The molecule has 1 saturated heterocycles. The Morgan fingerprint density at radius 2 is 2.35 bits per heavy atom. The molecule has 17 heavy (non-hydrogen) atoms. The summed E-state index contributed by atoms with van der Waals surface area (Å²) >= 11 is 0. The maximum atomic E-state index is 4.41. The van der Waals surface area contributed by atoms with E-state index in [1.165, 1.54) is 18.7 Å². The van der Waals surface area contributed by atoms with E-state index in [2.05, 4.69) is 41.2 Å². The summed E-state index contributed by atoms with van der Waals surface area (Å²) in [6, 6.07) is 6.77. The number of pyridine rings is 1. The number of nitrogens with zero attached hydrogens (tertiary/aromatic N) is 2. The van der Waals surface area contributed by atoms with E-state index < -0.39 is 0 Å². The Morgan fingerprint density at radius 3 is 3.06 bits per heavy atom. The standard InChI is InChI=1S/C14H23N3/c1-12(2)14-11-17(9-5-8-16-14)10-13-6-3-4-7-15-13/h3-4,6-7,12,14,16H,5,8-11H2,1-2H3. The molecule has 1 aromatic heterocycles. The summed E-state index contributed by atoms with van der Waals surface area (Å²) in [6.45, 7) is 9.01. The van der Waals surface area contributed by atoms with Crippen LogP contribution in [0, 0.1) is 5.92 Å². The Balaban J connectivity index is 1.95. The van der Waals surface area contributed by atoms with E-state index >= 15 is 0 Å². The Labute approximate surface area is 104 Å². The van der Waals surface area contributed by atoms with Gasteiger partial charge in [0, 0.05) is 25.3 Å². The van der Waals surface area contributed by atoms with E-state index in [4.69, 9.17) is 0 Å². The van der Waals surface area contributed by atoms with Gasteiger partial charge in [0.15, 0.2) is 0 Å². The molecule has 1 N–H and O–H groups in total. The number of rotatable bonds is 3. The van der Waals surface area contributed by atoms with Gasteiger partial charge in [-0.3, -0.25) is 9.88 Å². The maximum Gasteiger partial charge on any atom is 0.0543 e. The first kappa shape index (κ1) is 12.5. The van der Waals surface area contributed by atoms with Crippen molar-refractivity contribution in [3.63, 3.8) is 0 Å². The SMILES string of the molecule is CC(C)C1CN(Cc2ccccn2)CCCN1. The topological polar surface area (TPSA) is 28.2 Å². The van der Waals surface area contributed by atoms with Crippen LogP contribution in [0.5, 0.6) is 0 Å². The first-order valence-corrected chi connectivity index (χ1v) is 6.61. The normalized spacial score (nSPS) is 22.6. The highest BCUT2D eigenvalue weighted by Gasteiger charge is 2.20. The lowest BCUT2D eigenvalue weighted by molar-refractivity contribution is 0.236. The second kappa shape index (κ2) is 6.12. The molecule has 1 aromatic rings. The van der Waals surface area contributed by atoms with E-state index in [0.717, 1.165) is 19.6 Å². The first-order valence-electron chi connectivity index (χ1n) is 6.61. The summed E-state index contributed by atoms with van der Waals surface area (Å²) in [6.07, 6.45) is 3.11. The molecule has 0 amide bonds. The molecule has 0 spiro atoms.